The first-order valence-corrected chi connectivity index (χ1v) is 7.28. The van der Waals surface area contributed by atoms with Crippen molar-refractivity contribution in [2.75, 3.05) is 7.11 Å². The third-order valence-electron chi connectivity index (χ3n) is 4.20. The molecule has 0 bridgehead atoms. The molecule has 0 spiro atoms. The van der Waals surface area contributed by atoms with Crippen molar-refractivity contribution in [2.45, 2.75) is 13.8 Å². The maximum Gasteiger partial charge on any atom is 0.150 e. The molecule has 0 atom stereocenters. The number of benzene rings is 3. The Balaban J connectivity index is 2.31. The van der Waals surface area contributed by atoms with Crippen molar-refractivity contribution >= 4 is 17.1 Å². The van der Waals surface area contributed by atoms with Gasteiger partial charge in [0.1, 0.15) is 5.75 Å². The molecule has 3 aromatic rings. The van der Waals surface area contributed by atoms with E-state index in [4.69, 9.17) is 4.74 Å². The fourth-order valence-electron chi connectivity index (χ4n) is 2.99. The topological polar surface area (TPSA) is 26.3 Å². The molecule has 2 nitrogen and oxygen atoms in total. The van der Waals surface area contributed by atoms with Crippen molar-refractivity contribution in [2.24, 2.45) is 0 Å². The summed E-state index contributed by atoms with van der Waals surface area (Å²) in [7, 11) is 1.61. The van der Waals surface area contributed by atoms with Crippen LogP contribution in [0, 0.1) is 13.8 Å². The summed E-state index contributed by atoms with van der Waals surface area (Å²) in [5.41, 5.74) is 5.10. The third kappa shape index (κ3) is 2.27. The Hall–Kier alpha value is -2.61. The minimum absolute atomic E-state index is 0.650. The average molecular weight is 290 g/mol. The molecule has 22 heavy (non-hydrogen) atoms. The zero-order chi connectivity index (χ0) is 15.7. The maximum absolute atomic E-state index is 11.5. The Labute approximate surface area is 130 Å². The lowest BCUT2D eigenvalue weighted by Gasteiger charge is -2.14. The first-order chi connectivity index (χ1) is 10.7. The third-order valence-corrected chi connectivity index (χ3v) is 4.20. The number of carbonyl (C=O) groups excluding carboxylic acids is 1. The van der Waals surface area contributed by atoms with Gasteiger partial charge in [-0.2, -0.15) is 0 Å². The quantitative estimate of drug-likeness (QED) is 0.638. The monoisotopic (exact) mass is 290 g/mol. The van der Waals surface area contributed by atoms with E-state index >= 15 is 0 Å². The van der Waals surface area contributed by atoms with Crippen LogP contribution >= 0.6 is 0 Å². The lowest BCUT2D eigenvalue weighted by atomic mass is 9.90. The molecule has 2 heteroatoms. The Kier molecular flexibility index (Phi) is 3.68. The van der Waals surface area contributed by atoms with Gasteiger partial charge in [0.15, 0.2) is 6.29 Å². The molecule has 0 heterocycles. The predicted octanol–water partition coefficient (Wildman–Crippen LogP) is 4.94. The van der Waals surface area contributed by atoms with E-state index in [1.54, 1.807) is 13.2 Å². The highest BCUT2D eigenvalue weighted by atomic mass is 16.5. The lowest BCUT2D eigenvalue weighted by Crippen LogP contribution is -1.94. The average Bonchev–Trinajstić information content (AvgIpc) is 2.57. The van der Waals surface area contributed by atoms with Crippen LogP contribution in [0.15, 0.2) is 48.5 Å². The fourth-order valence-corrected chi connectivity index (χ4v) is 2.99. The summed E-state index contributed by atoms with van der Waals surface area (Å²) in [4.78, 5) is 11.5. The van der Waals surface area contributed by atoms with Crippen molar-refractivity contribution in [1.29, 1.82) is 0 Å². The van der Waals surface area contributed by atoms with E-state index in [0.29, 0.717) is 11.3 Å². The lowest BCUT2D eigenvalue weighted by molar-refractivity contribution is 0.112. The van der Waals surface area contributed by atoms with Crippen molar-refractivity contribution in [3.05, 3.63) is 65.2 Å². The van der Waals surface area contributed by atoms with E-state index in [0.717, 1.165) is 17.4 Å². The molecule has 0 aromatic heterocycles. The first kappa shape index (κ1) is 14.3. The van der Waals surface area contributed by atoms with Gasteiger partial charge in [0, 0.05) is 5.56 Å². The van der Waals surface area contributed by atoms with Crippen LogP contribution in [0.4, 0.5) is 0 Å². The van der Waals surface area contributed by atoms with Crippen LogP contribution in [-0.2, 0) is 0 Å². The van der Waals surface area contributed by atoms with E-state index < -0.39 is 0 Å². The minimum atomic E-state index is 0.650. The Morgan fingerprint density at radius 3 is 2.32 bits per heavy atom. The van der Waals surface area contributed by atoms with Gasteiger partial charge in [-0.3, -0.25) is 4.79 Å². The van der Waals surface area contributed by atoms with E-state index in [1.165, 1.54) is 21.9 Å². The molecule has 0 unspecified atom stereocenters. The standard InChI is InChI=1S/C20H18O2/c1-13-10-20(14(2)18-7-5-4-6-17(13)18)19-9-8-16(22-3)11-15(19)12-21/h4-12H,1-3H3. The van der Waals surface area contributed by atoms with Crippen LogP contribution in [0.5, 0.6) is 5.75 Å². The van der Waals surface area contributed by atoms with E-state index in [9.17, 15) is 4.79 Å². The second-order valence-corrected chi connectivity index (χ2v) is 5.48. The first-order valence-electron chi connectivity index (χ1n) is 7.28. The number of methoxy groups -OCH3 is 1. The molecule has 0 radical (unpaired) electrons. The molecule has 110 valence electrons. The number of aryl methyl sites for hydroxylation is 2. The molecule has 0 saturated heterocycles. The van der Waals surface area contributed by atoms with Crippen molar-refractivity contribution in [3.63, 3.8) is 0 Å². The van der Waals surface area contributed by atoms with Gasteiger partial charge in [0.25, 0.3) is 0 Å². The van der Waals surface area contributed by atoms with Crippen molar-refractivity contribution in [3.8, 4) is 16.9 Å². The summed E-state index contributed by atoms with van der Waals surface area (Å²) < 4.78 is 5.21. The van der Waals surface area contributed by atoms with Gasteiger partial charge in [-0.1, -0.05) is 30.3 Å². The number of aldehydes is 1. The van der Waals surface area contributed by atoms with Crippen LogP contribution < -0.4 is 4.74 Å². The number of carbonyl (C=O) groups is 1. The van der Waals surface area contributed by atoms with Crippen LogP contribution in [-0.4, -0.2) is 13.4 Å². The van der Waals surface area contributed by atoms with E-state index in [-0.39, 0.29) is 0 Å². The van der Waals surface area contributed by atoms with Gasteiger partial charge in [0.2, 0.25) is 0 Å². The predicted molar refractivity (Wildman–Crippen MR) is 90.8 cm³/mol. The normalized spacial score (nSPS) is 10.7. The van der Waals surface area contributed by atoms with Gasteiger partial charge < -0.3 is 4.74 Å². The molecule has 0 aliphatic rings. The van der Waals surface area contributed by atoms with Gasteiger partial charge in [-0.15, -0.1) is 0 Å². The Morgan fingerprint density at radius 2 is 1.64 bits per heavy atom. The SMILES string of the molecule is COc1ccc(-c2cc(C)c3ccccc3c2C)c(C=O)c1. The van der Waals surface area contributed by atoms with Gasteiger partial charge >= 0.3 is 0 Å². The summed E-state index contributed by atoms with van der Waals surface area (Å²) in [6.07, 6.45) is 0.891. The van der Waals surface area contributed by atoms with Crippen LogP contribution in [0.2, 0.25) is 0 Å². The van der Waals surface area contributed by atoms with Crippen LogP contribution in [0.25, 0.3) is 21.9 Å². The minimum Gasteiger partial charge on any atom is -0.497 e. The number of hydrogen-bond donors (Lipinski definition) is 0. The molecule has 3 aromatic carbocycles. The molecule has 0 amide bonds. The highest BCUT2D eigenvalue weighted by molar-refractivity contribution is 5.97. The molecule has 0 N–H and O–H groups in total. The highest BCUT2D eigenvalue weighted by Crippen LogP contribution is 2.34. The van der Waals surface area contributed by atoms with Gasteiger partial charge in [0.05, 0.1) is 7.11 Å². The summed E-state index contributed by atoms with van der Waals surface area (Å²) in [6.45, 7) is 4.21. The molecule has 0 aliphatic carbocycles. The van der Waals surface area contributed by atoms with E-state index in [1.807, 2.05) is 18.2 Å². The van der Waals surface area contributed by atoms with Crippen molar-refractivity contribution in [1.82, 2.24) is 0 Å². The Bertz CT molecular complexity index is 863. The molecule has 0 saturated carbocycles. The number of ether oxygens (including phenoxy) is 1. The summed E-state index contributed by atoms with van der Waals surface area (Å²) >= 11 is 0. The molecular formula is C20H18O2. The Morgan fingerprint density at radius 1 is 0.909 bits per heavy atom. The number of hydrogen-bond acceptors (Lipinski definition) is 2. The van der Waals surface area contributed by atoms with Crippen LogP contribution in [0.1, 0.15) is 21.5 Å². The molecule has 3 rings (SSSR count). The van der Waals surface area contributed by atoms with Gasteiger partial charge in [-0.05, 0) is 65.1 Å². The maximum atomic E-state index is 11.5. The molecule has 0 fully saturated rings. The molecular weight excluding hydrogens is 272 g/mol. The van der Waals surface area contributed by atoms with Crippen molar-refractivity contribution < 1.29 is 9.53 Å². The second kappa shape index (κ2) is 5.64. The highest BCUT2D eigenvalue weighted by Gasteiger charge is 2.12. The zero-order valence-corrected chi connectivity index (χ0v) is 13.0. The zero-order valence-electron chi connectivity index (χ0n) is 13.0. The van der Waals surface area contributed by atoms with Crippen LogP contribution in [0.3, 0.4) is 0 Å². The van der Waals surface area contributed by atoms with E-state index in [2.05, 4.69) is 38.1 Å². The number of rotatable bonds is 3. The summed E-state index contributed by atoms with van der Waals surface area (Å²) in [6, 6.07) is 16.2. The second-order valence-electron chi connectivity index (χ2n) is 5.48. The largest absolute Gasteiger partial charge is 0.497 e. The smallest absolute Gasteiger partial charge is 0.150 e. The summed E-state index contributed by atoms with van der Waals surface area (Å²) in [5.74, 6) is 0.695. The van der Waals surface area contributed by atoms with Gasteiger partial charge in [-0.25, -0.2) is 0 Å². The fraction of sp³-hybridized carbons (Fsp3) is 0.150. The summed E-state index contributed by atoms with van der Waals surface area (Å²) in [5, 5.41) is 2.48. The molecule has 0 aliphatic heterocycles. The number of fused-ring (bicyclic) bond motifs is 1.